The van der Waals surface area contributed by atoms with Gasteiger partial charge in [0.15, 0.2) is 11.6 Å². The van der Waals surface area contributed by atoms with Crippen molar-refractivity contribution in [1.82, 2.24) is 20.2 Å². The zero-order chi connectivity index (χ0) is 16.4. The Morgan fingerprint density at radius 3 is 2.58 bits per heavy atom. The smallest absolute Gasteiger partial charge is 0.218 e. The Morgan fingerprint density at radius 1 is 0.958 bits per heavy atom. The third-order valence-electron chi connectivity index (χ3n) is 3.66. The standard InChI is InChI=1S/C18H15N5O/c1-24-16-11-15(19-17(21-16)12-7-3-2-4-8-12)20-18-13-9-5-6-10-14(13)22-23-18/h2-11H,1H3,(H2,19,20,21,22,23). The van der Waals surface area contributed by atoms with Crippen LogP contribution in [0.1, 0.15) is 0 Å². The zero-order valence-electron chi connectivity index (χ0n) is 13.0. The third kappa shape index (κ3) is 2.65. The topological polar surface area (TPSA) is 75.7 Å². The molecule has 2 heterocycles. The van der Waals surface area contributed by atoms with Crippen LogP contribution in [-0.2, 0) is 0 Å². The Balaban J connectivity index is 1.75. The van der Waals surface area contributed by atoms with Gasteiger partial charge in [-0.25, -0.2) is 4.98 Å². The molecule has 0 saturated carbocycles. The largest absolute Gasteiger partial charge is 0.481 e. The second kappa shape index (κ2) is 6.00. The van der Waals surface area contributed by atoms with Crippen molar-refractivity contribution in [2.45, 2.75) is 0 Å². The van der Waals surface area contributed by atoms with Crippen LogP contribution in [0.2, 0.25) is 0 Å². The lowest BCUT2D eigenvalue weighted by atomic mass is 10.2. The minimum atomic E-state index is 0.492. The molecule has 0 atom stereocenters. The molecule has 0 saturated heterocycles. The number of anilines is 2. The number of aromatic nitrogens is 4. The number of nitrogens with one attached hydrogen (secondary N) is 2. The van der Waals surface area contributed by atoms with Crippen LogP contribution in [-0.4, -0.2) is 27.3 Å². The van der Waals surface area contributed by atoms with Crippen molar-refractivity contribution in [3.8, 4) is 17.3 Å². The first-order valence-corrected chi connectivity index (χ1v) is 7.52. The summed E-state index contributed by atoms with van der Waals surface area (Å²) in [6.07, 6.45) is 0. The van der Waals surface area contributed by atoms with E-state index in [1.807, 2.05) is 54.6 Å². The van der Waals surface area contributed by atoms with Gasteiger partial charge < -0.3 is 10.1 Å². The van der Waals surface area contributed by atoms with Crippen molar-refractivity contribution in [2.24, 2.45) is 0 Å². The van der Waals surface area contributed by atoms with Crippen LogP contribution in [0.25, 0.3) is 22.3 Å². The molecule has 2 aromatic carbocycles. The lowest BCUT2D eigenvalue weighted by Crippen LogP contribution is -2.00. The highest BCUT2D eigenvalue weighted by atomic mass is 16.5. The fourth-order valence-electron chi connectivity index (χ4n) is 2.49. The molecule has 0 radical (unpaired) electrons. The maximum atomic E-state index is 5.30. The quantitative estimate of drug-likeness (QED) is 0.599. The van der Waals surface area contributed by atoms with Gasteiger partial charge in [0.05, 0.1) is 12.6 Å². The Labute approximate surface area is 138 Å². The molecular weight excluding hydrogens is 302 g/mol. The van der Waals surface area contributed by atoms with E-state index in [0.717, 1.165) is 16.5 Å². The molecule has 0 aliphatic carbocycles. The highest BCUT2D eigenvalue weighted by molar-refractivity contribution is 5.91. The van der Waals surface area contributed by atoms with E-state index in [1.54, 1.807) is 13.2 Å². The van der Waals surface area contributed by atoms with Crippen molar-refractivity contribution >= 4 is 22.5 Å². The summed E-state index contributed by atoms with van der Waals surface area (Å²) in [5.74, 6) is 2.42. The molecule has 0 aliphatic heterocycles. The number of para-hydroxylation sites is 1. The molecule has 6 heteroatoms. The summed E-state index contributed by atoms with van der Waals surface area (Å²) in [5, 5.41) is 11.5. The van der Waals surface area contributed by atoms with Crippen LogP contribution in [0, 0.1) is 0 Å². The normalized spacial score (nSPS) is 10.7. The number of rotatable bonds is 4. The molecule has 0 amide bonds. The molecule has 118 valence electrons. The third-order valence-corrected chi connectivity index (χ3v) is 3.66. The van der Waals surface area contributed by atoms with E-state index in [4.69, 9.17) is 4.74 Å². The van der Waals surface area contributed by atoms with Gasteiger partial charge in [0.2, 0.25) is 5.88 Å². The fourth-order valence-corrected chi connectivity index (χ4v) is 2.49. The molecule has 0 fully saturated rings. The van der Waals surface area contributed by atoms with Crippen molar-refractivity contribution in [1.29, 1.82) is 0 Å². The molecule has 2 N–H and O–H groups in total. The van der Waals surface area contributed by atoms with E-state index < -0.39 is 0 Å². The summed E-state index contributed by atoms with van der Waals surface area (Å²) < 4.78 is 5.30. The number of methoxy groups -OCH3 is 1. The minimum absolute atomic E-state index is 0.492. The average Bonchev–Trinajstić information content (AvgIpc) is 3.05. The number of fused-ring (bicyclic) bond motifs is 1. The molecule has 4 rings (SSSR count). The van der Waals surface area contributed by atoms with Gasteiger partial charge in [-0.1, -0.05) is 42.5 Å². The number of hydrogen-bond donors (Lipinski definition) is 2. The number of H-pyrrole nitrogens is 1. The molecule has 4 aromatic rings. The number of ether oxygens (including phenoxy) is 1. The Morgan fingerprint density at radius 2 is 1.75 bits per heavy atom. The second-order valence-electron chi connectivity index (χ2n) is 5.23. The number of hydrogen-bond acceptors (Lipinski definition) is 5. The van der Waals surface area contributed by atoms with Crippen LogP contribution >= 0.6 is 0 Å². The second-order valence-corrected chi connectivity index (χ2v) is 5.23. The highest BCUT2D eigenvalue weighted by Gasteiger charge is 2.10. The summed E-state index contributed by atoms with van der Waals surface area (Å²) in [4.78, 5) is 8.99. The first-order chi connectivity index (χ1) is 11.8. The Bertz CT molecular complexity index is 981. The average molecular weight is 317 g/mol. The predicted octanol–water partition coefficient (Wildman–Crippen LogP) is 3.77. The molecule has 24 heavy (non-hydrogen) atoms. The first-order valence-electron chi connectivity index (χ1n) is 7.52. The van der Waals surface area contributed by atoms with Crippen LogP contribution in [0.4, 0.5) is 11.6 Å². The molecule has 6 nitrogen and oxygen atoms in total. The lowest BCUT2D eigenvalue weighted by molar-refractivity contribution is 0.398. The zero-order valence-corrected chi connectivity index (χ0v) is 13.0. The molecule has 2 aromatic heterocycles. The maximum Gasteiger partial charge on any atom is 0.218 e. The van der Waals surface area contributed by atoms with E-state index in [1.165, 1.54) is 0 Å². The monoisotopic (exact) mass is 317 g/mol. The van der Waals surface area contributed by atoms with Gasteiger partial charge in [-0.05, 0) is 12.1 Å². The van der Waals surface area contributed by atoms with Gasteiger partial charge in [-0.2, -0.15) is 10.1 Å². The van der Waals surface area contributed by atoms with Gasteiger partial charge in [-0.15, -0.1) is 0 Å². The Hall–Kier alpha value is -3.41. The van der Waals surface area contributed by atoms with E-state index in [-0.39, 0.29) is 0 Å². The number of aromatic amines is 1. The van der Waals surface area contributed by atoms with Crippen molar-refractivity contribution in [3.05, 3.63) is 60.7 Å². The van der Waals surface area contributed by atoms with Crippen LogP contribution < -0.4 is 10.1 Å². The van der Waals surface area contributed by atoms with Gasteiger partial charge in [0, 0.05) is 17.0 Å². The predicted molar refractivity (Wildman–Crippen MR) is 93.4 cm³/mol. The van der Waals surface area contributed by atoms with Gasteiger partial charge >= 0.3 is 0 Å². The van der Waals surface area contributed by atoms with Crippen molar-refractivity contribution < 1.29 is 4.74 Å². The summed E-state index contributed by atoms with van der Waals surface area (Å²) in [6.45, 7) is 0. The summed E-state index contributed by atoms with van der Waals surface area (Å²) in [7, 11) is 1.59. The van der Waals surface area contributed by atoms with E-state index >= 15 is 0 Å². The summed E-state index contributed by atoms with van der Waals surface area (Å²) in [5.41, 5.74) is 1.88. The summed E-state index contributed by atoms with van der Waals surface area (Å²) >= 11 is 0. The van der Waals surface area contributed by atoms with E-state index in [0.29, 0.717) is 23.3 Å². The fraction of sp³-hybridized carbons (Fsp3) is 0.0556. The van der Waals surface area contributed by atoms with Gasteiger partial charge in [0.25, 0.3) is 0 Å². The van der Waals surface area contributed by atoms with Crippen LogP contribution in [0.15, 0.2) is 60.7 Å². The van der Waals surface area contributed by atoms with E-state index in [9.17, 15) is 0 Å². The Kier molecular flexibility index (Phi) is 3.55. The minimum Gasteiger partial charge on any atom is -0.481 e. The molecule has 0 aliphatic rings. The SMILES string of the molecule is COc1cc(Nc2n[nH]c3ccccc23)nc(-c2ccccc2)n1. The van der Waals surface area contributed by atoms with Crippen molar-refractivity contribution in [3.63, 3.8) is 0 Å². The van der Waals surface area contributed by atoms with Crippen LogP contribution in [0.5, 0.6) is 5.88 Å². The van der Waals surface area contributed by atoms with Gasteiger partial charge in [0.1, 0.15) is 5.82 Å². The number of nitrogens with zero attached hydrogens (tertiary/aromatic N) is 3. The van der Waals surface area contributed by atoms with E-state index in [2.05, 4.69) is 25.5 Å². The highest BCUT2D eigenvalue weighted by Crippen LogP contribution is 2.26. The summed E-state index contributed by atoms with van der Waals surface area (Å²) in [6, 6.07) is 19.4. The maximum absolute atomic E-state index is 5.30. The first kappa shape index (κ1) is 14.2. The molecule has 0 unspecified atom stereocenters. The molecule has 0 spiro atoms. The van der Waals surface area contributed by atoms with Gasteiger partial charge in [-0.3, -0.25) is 5.10 Å². The molecular formula is C18H15N5O. The lowest BCUT2D eigenvalue weighted by Gasteiger charge is -2.08. The molecule has 0 bridgehead atoms. The van der Waals surface area contributed by atoms with Crippen molar-refractivity contribution in [2.75, 3.05) is 12.4 Å². The number of benzene rings is 2. The van der Waals surface area contributed by atoms with Crippen LogP contribution in [0.3, 0.4) is 0 Å².